The molecule has 0 spiro atoms. The van der Waals surface area contributed by atoms with Crippen LogP contribution in [0.3, 0.4) is 0 Å². The molecule has 0 bridgehead atoms. The Morgan fingerprint density at radius 3 is 2.87 bits per heavy atom. The number of nitrogens with zero attached hydrogens (tertiary/aromatic N) is 4. The zero-order valence-corrected chi connectivity index (χ0v) is 14.3. The van der Waals surface area contributed by atoms with Gasteiger partial charge >= 0.3 is 0 Å². The first-order valence-electron chi connectivity index (χ1n) is 8.99. The van der Waals surface area contributed by atoms with Gasteiger partial charge in [-0.3, -0.25) is 9.80 Å². The van der Waals surface area contributed by atoms with E-state index in [1.807, 2.05) is 6.20 Å². The summed E-state index contributed by atoms with van der Waals surface area (Å²) >= 11 is 0. The largest absolute Gasteiger partial charge is 0.379 e. The van der Waals surface area contributed by atoms with Crippen molar-refractivity contribution >= 4 is 0 Å². The van der Waals surface area contributed by atoms with E-state index >= 15 is 0 Å². The van der Waals surface area contributed by atoms with Crippen molar-refractivity contribution in [2.45, 2.75) is 39.0 Å². The second-order valence-electron chi connectivity index (χ2n) is 6.53. The third-order valence-corrected chi connectivity index (χ3v) is 4.63. The first-order chi connectivity index (χ1) is 11.3. The lowest BCUT2D eigenvalue weighted by Gasteiger charge is -2.31. The van der Waals surface area contributed by atoms with Crippen molar-refractivity contribution in [1.29, 1.82) is 0 Å². The predicted octanol–water partition coefficient (Wildman–Crippen LogP) is 1.22. The summed E-state index contributed by atoms with van der Waals surface area (Å²) in [6.45, 7) is 11.9. The van der Waals surface area contributed by atoms with Crippen LogP contribution in [0.4, 0.5) is 0 Å². The predicted molar refractivity (Wildman–Crippen MR) is 89.4 cm³/mol. The summed E-state index contributed by atoms with van der Waals surface area (Å²) in [6.07, 6.45) is 6.56. The summed E-state index contributed by atoms with van der Waals surface area (Å²) in [7, 11) is 0. The van der Waals surface area contributed by atoms with Gasteiger partial charge in [0.1, 0.15) is 5.82 Å². The number of aryl methyl sites for hydroxylation is 1. The van der Waals surface area contributed by atoms with Crippen LogP contribution in [0, 0.1) is 0 Å². The Morgan fingerprint density at radius 2 is 2.04 bits per heavy atom. The van der Waals surface area contributed by atoms with Crippen LogP contribution in [-0.2, 0) is 22.6 Å². The molecule has 2 saturated heterocycles. The quantitative estimate of drug-likeness (QED) is 0.788. The average Bonchev–Trinajstić information content (AvgIpc) is 2.87. The fraction of sp³-hybridized carbons (Fsp3) is 0.824. The Hall–Kier alpha value is -0.950. The van der Waals surface area contributed by atoms with Crippen LogP contribution in [0.25, 0.3) is 0 Å². The summed E-state index contributed by atoms with van der Waals surface area (Å²) in [4.78, 5) is 9.53. The average molecular weight is 322 g/mol. The molecule has 2 aliphatic heterocycles. The molecule has 2 aliphatic rings. The smallest absolute Gasteiger partial charge is 0.122 e. The zero-order chi connectivity index (χ0) is 15.9. The first-order valence-corrected chi connectivity index (χ1v) is 8.99. The highest BCUT2D eigenvalue weighted by Crippen LogP contribution is 2.12. The van der Waals surface area contributed by atoms with E-state index in [4.69, 9.17) is 9.47 Å². The van der Waals surface area contributed by atoms with Gasteiger partial charge < -0.3 is 14.0 Å². The Morgan fingerprint density at radius 1 is 1.17 bits per heavy atom. The summed E-state index contributed by atoms with van der Waals surface area (Å²) in [6, 6.07) is 0. The maximum atomic E-state index is 6.08. The Labute approximate surface area is 139 Å². The van der Waals surface area contributed by atoms with E-state index in [1.54, 1.807) is 0 Å². The topological polar surface area (TPSA) is 42.8 Å². The van der Waals surface area contributed by atoms with E-state index in [0.717, 1.165) is 78.5 Å². The molecule has 0 amide bonds. The molecule has 3 rings (SSSR count). The van der Waals surface area contributed by atoms with Gasteiger partial charge in [-0.25, -0.2) is 4.98 Å². The normalized spacial score (nSPS) is 24.7. The van der Waals surface area contributed by atoms with Crippen LogP contribution in [0.2, 0.25) is 0 Å². The fourth-order valence-electron chi connectivity index (χ4n) is 3.43. The van der Waals surface area contributed by atoms with Crippen LogP contribution in [0.15, 0.2) is 12.4 Å². The van der Waals surface area contributed by atoms with Gasteiger partial charge in [0.15, 0.2) is 0 Å². The van der Waals surface area contributed by atoms with Gasteiger partial charge in [-0.15, -0.1) is 0 Å². The zero-order valence-electron chi connectivity index (χ0n) is 14.3. The molecule has 2 fully saturated rings. The Balaban J connectivity index is 1.54. The molecule has 3 heterocycles. The molecule has 0 aliphatic carbocycles. The molecule has 6 heteroatoms. The molecule has 0 unspecified atom stereocenters. The molecular formula is C17H30N4O2. The highest BCUT2D eigenvalue weighted by atomic mass is 16.5. The SMILES string of the molecule is CCCn1ccnc1CN1CCCO[C@H](CN2CCOCC2)C1. The molecule has 1 aromatic rings. The molecule has 23 heavy (non-hydrogen) atoms. The molecule has 0 saturated carbocycles. The lowest BCUT2D eigenvalue weighted by Crippen LogP contribution is -2.44. The number of hydrogen-bond acceptors (Lipinski definition) is 5. The van der Waals surface area contributed by atoms with Crippen LogP contribution >= 0.6 is 0 Å². The standard InChI is InChI=1S/C17H30N4O2/c1-2-5-21-7-4-18-17(21)15-20-6-3-10-23-16(14-20)13-19-8-11-22-12-9-19/h4,7,16H,2-3,5-6,8-15H2,1H3/t16-/m1/s1. The van der Waals surface area contributed by atoms with Gasteiger partial charge in [0.2, 0.25) is 0 Å². The van der Waals surface area contributed by atoms with Crippen LogP contribution in [0.1, 0.15) is 25.6 Å². The van der Waals surface area contributed by atoms with Crippen molar-refractivity contribution in [3.05, 3.63) is 18.2 Å². The first kappa shape index (κ1) is 16.9. The minimum absolute atomic E-state index is 0.296. The minimum atomic E-state index is 0.296. The Bertz CT molecular complexity index is 459. The van der Waals surface area contributed by atoms with Crippen molar-refractivity contribution in [1.82, 2.24) is 19.4 Å². The summed E-state index contributed by atoms with van der Waals surface area (Å²) < 4.78 is 13.8. The van der Waals surface area contributed by atoms with Gasteiger partial charge in [0, 0.05) is 58.3 Å². The van der Waals surface area contributed by atoms with Gasteiger partial charge in [0.25, 0.3) is 0 Å². The molecule has 6 nitrogen and oxygen atoms in total. The van der Waals surface area contributed by atoms with Crippen molar-refractivity contribution in [2.75, 3.05) is 52.5 Å². The highest BCUT2D eigenvalue weighted by Gasteiger charge is 2.23. The van der Waals surface area contributed by atoms with Crippen molar-refractivity contribution < 1.29 is 9.47 Å². The van der Waals surface area contributed by atoms with Gasteiger partial charge in [0.05, 0.1) is 25.9 Å². The van der Waals surface area contributed by atoms with Crippen LogP contribution in [-0.4, -0.2) is 78.0 Å². The van der Waals surface area contributed by atoms with E-state index in [0.29, 0.717) is 6.10 Å². The number of hydrogen-bond donors (Lipinski definition) is 0. The van der Waals surface area contributed by atoms with Gasteiger partial charge in [-0.1, -0.05) is 6.92 Å². The maximum Gasteiger partial charge on any atom is 0.122 e. The molecule has 1 aromatic heterocycles. The third kappa shape index (κ3) is 5.01. The monoisotopic (exact) mass is 322 g/mol. The number of rotatable bonds is 6. The minimum Gasteiger partial charge on any atom is -0.379 e. The number of aromatic nitrogens is 2. The molecule has 0 radical (unpaired) electrons. The number of ether oxygens (including phenoxy) is 2. The van der Waals surface area contributed by atoms with Gasteiger partial charge in [-0.05, 0) is 12.8 Å². The molecule has 1 atom stereocenters. The van der Waals surface area contributed by atoms with E-state index in [1.165, 1.54) is 5.82 Å². The second kappa shape index (κ2) is 8.78. The lowest BCUT2D eigenvalue weighted by molar-refractivity contribution is -0.0124. The fourth-order valence-corrected chi connectivity index (χ4v) is 3.43. The third-order valence-electron chi connectivity index (χ3n) is 4.63. The van der Waals surface area contributed by atoms with E-state index in [-0.39, 0.29) is 0 Å². The highest BCUT2D eigenvalue weighted by molar-refractivity contribution is 4.93. The number of imidazole rings is 1. The van der Waals surface area contributed by atoms with E-state index in [2.05, 4.69) is 32.5 Å². The number of morpholine rings is 1. The molecule has 0 aromatic carbocycles. The molecular weight excluding hydrogens is 292 g/mol. The summed E-state index contributed by atoms with van der Waals surface area (Å²) in [5.74, 6) is 1.18. The van der Waals surface area contributed by atoms with Crippen LogP contribution < -0.4 is 0 Å². The van der Waals surface area contributed by atoms with Crippen molar-refractivity contribution in [3.63, 3.8) is 0 Å². The van der Waals surface area contributed by atoms with E-state index in [9.17, 15) is 0 Å². The molecule has 0 N–H and O–H groups in total. The van der Waals surface area contributed by atoms with Crippen LogP contribution in [0.5, 0.6) is 0 Å². The Kier molecular flexibility index (Phi) is 6.45. The summed E-state index contributed by atoms with van der Waals surface area (Å²) in [5.41, 5.74) is 0. The molecule has 130 valence electrons. The second-order valence-corrected chi connectivity index (χ2v) is 6.53. The lowest BCUT2D eigenvalue weighted by atomic mass is 10.2. The van der Waals surface area contributed by atoms with E-state index < -0.39 is 0 Å². The van der Waals surface area contributed by atoms with Crippen molar-refractivity contribution in [2.24, 2.45) is 0 Å². The summed E-state index contributed by atoms with van der Waals surface area (Å²) in [5, 5.41) is 0. The van der Waals surface area contributed by atoms with Gasteiger partial charge in [-0.2, -0.15) is 0 Å². The van der Waals surface area contributed by atoms with Crippen molar-refractivity contribution in [3.8, 4) is 0 Å². The maximum absolute atomic E-state index is 6.08.